The molecule has 2 aromatic rings. The summed E-state index contributed by atoms with van der Waals surface area (Å²) in [6.07, 6.45) is 4.19. The number of rotatable bonds is 4. The number of ether oxygens (including phenoxy) is 1. The number of urea groups is 1. The molecule has 0 saturated carbocycles. The van der Waals surface area contributed by atoms with Crippen LogP contribution < -0.4 is 5.32 Å². The number of nitrogens with zero attached hydrogens (tertiary/aromatic N) is 3. The number of aromatic nitrogens is 2. The maximum Gasteiger partial charge on any atom is 0.318 e. The van der Waals surface area contributed by atoms with Gasteiger partial charge in [-0.25, -0.2) is 9.78 Å². The average molecular weight is 346 g/mol. The topological polar surface area (TPSA) is 67.4 Å². The number of amides is 2. The molecule has 3 rings (SSSR count). The first-order valence-electron chi connectivity index (χ1n) is 8.16. The second-order valence-electron chi connectivity index (χ2n) is 5.82. The van der Waals surface area contributed by atoms with Crippen LogP contribution in [0.5, 0.6) is 0 Å². The van der Waals surface area contributed by atoms with Gasteiger partial charge in [-0.15, -0.1) is 11.3 Å². The summed E-state index contributed by atoms with van der Waals surface area (Å²) in [6.45, 7) is 5.69. The molecule has 0 spiro atoms. The summed E-state index contributed by atoms with van der Waals surface area (Å²) in [5.41, 5.74) is 2.06. The first-order chi connectivity index (χ1) is 11.7. The Morgan fingerprint density at radius 3 is 2.96 bits per heavy atom. The Bertz CT molecular complexity index is 676. The molecule has 1 saturated heterocycles. The van der Waals surface area contributed by atoms with E-state index in [4.69, 9.17) is 4.74 Å². The fraction of sp³-hybridized carbons (Fsp3) is 0.471. The smallest absolute Gasteiger partial charge is 0.318 e. The van der Waals surface area contributed by atoms with Gasteiger partial charge in [-0.05, 0) is 31.0 Å². The fourth-order valence-corrected chi connectivity index (χ4v) is 3.60. The molecule has 3 heterocycles. The van der Waals surface area contributed by atoms with Crippen molar-refractivity contribution in [3.63, 3.8) is 0 Å². The molecule has 1 fully saturated rings. The summed E-state index contributed by atoms with van der Waals surface area (Å²) < 4.78 is 5.79. The maximum absolute atomic E-state index is 12.6. The standard InChI is InChI=1S/C17H22N4O2S/c1-3-14(13-4-6-18-7-5-13)20-17(22)21-8-9-23-15(10-21)16-19-12(2)11-24-16/h4-7,11,14-15H,3,8-10H2,1-2H3,(H,20,22)/t14-,15-/m1/s1. The Morgan fingerprint density at radius 1 is 1.50 bits per heavy atom. The van der Waals surface area contributed by atoms with Crippen molar-refractivity contribution < 1.29 is 9.53 Å². The van der Waals surface area contributed by atoms with E-state index in [1.54, 1.807) is 23.7 Å². The Balaban J connectivity index is 1.63. The second-order valence-corrected chi connectivity index (χ2v) is 6.71. The van der Waals surface area contributed by atoms with Gasteiger partial charge in [0.15, 0.2) is 0 Å². The van der Waals surface area contributed by atoms with E-state index in [0.29, 0.717) is 19.7 Å². The van der Waals surface area contributed by atoms with Gasteiger partial charge >= 0.3 is 6.03 Å². The normalized spacial score (nSPS) is 19.1. The Labute approximate surface area is 145 Å². The third kappa shape index (κ3) is 3.91. The van der Waals surface area contributed by atoms with Gasteiger partial charge < -0.3 is 15.0 Å². The summed E-state index contributed by atoms with van der Waals surface area (Å²) in [7, 11) is 0. The number of hydrogen-bond acceptors (Lipinski definition) is 5. The van der Waals surface area contributed by atoms with Gasteiger partial charge in [-0.3, -0.25) is 4.98 Å². The lowest BCUT2D eigenvalue weighted by Crippen LogP contribution is -2.48. The number of carbonyl (C=O) groups excluding carboxylic acids is 1. The van der Waals surface area contributed by atoms with E-state index < -0.39 is 0 Å². The first kappa shape index (κ1) is 16.9. The molecule has 0 bridgehead atoms. The third-order valence-electron chi connectivity index (χ3n) is 4.08. The molecule has 0 aromatic carbocycles. The van der Waals surface area contributed by atoms with Crippen molar-refractivity contribution in [1.29, 1.82) is 0 Å². The van der Waals surface area contributed by atoms with Gasteiger partial charge in [-0.1, -0.05) is 6.92 Å². The van der Waals surface area contributed by atoms with Crippen LogP contribution in [0.15, 0.2) is 29.9 Å². The van der Waals surface area contributed by atoms with Crippen LogP contribution in [0.25, 0.3) is 0 Å². The lowest BCUT2D eigenvalue weighted by atomic mass is 10.1. The van der Waals surface area contributed by atoms with Crippen LogP contribution in [0, 0.1) is 6.92 Å². The molecule has 2 aromatic heterocycles. The van der Waals surface area contributed by atoms with Gasteiger partial charge in [-0.2, -0.15) is 0 Å². The van der Waals surface area contributed by atoms with E-state index in [2.05, 4.69) is 22.2 Å². The van der Waals surface area contributed by atoms with Crippen molar-refractivity contribution in [3.05, 3.63) is 46.2 Å². The number of hydrogen-bond donors (Lipinski definition) is 1. The monoisotopic (exact) mass is 346 g/mol. The minimum absolute atomic E-state index is 0.0103. The van der Waals surface area contributed by atoms with Crippen molar-refractivity contribution in [3.8, 4) is 0 Å². The number of thiazole rings is 1. The summed E-state index contributed by atoms with van der Waals surface area (Å²) >= 11 is 1.58. The van der Waals surface area contributed by atoms with E-state index in [-0.39, 0.29) is 18.2 Å². The first-order valence-corrected chi connectivity index (χ1v) is 9.04. The largest absolute Gasteiger partial charge is 0.367 e. The SMILES string of the molecule is CC[C@@H](NC(=O)N1CCO[C@@H](c2nc(C)cs2)C1)c1ccncc1. The van der Waals surface area contributed by atoms with Crippen LogP contribution >= 0.6 is 11.3 Å². The lowest BCUT2D eigenvalue weighted by molar-refractivity contribution is -0.0159. The van der Waals surface area contributed by atoms with Gasteiger partial charge in [0.05, 0.1) is 19.2 Å². The van der Waals surface area contributed by atoms with Crippen LogP contribution in [0.1, 0.15) is 41.8 Å². The van der Waals surface area contributed by atoms with E-state index in [9.17, 15) is 4.79 Å². The molecular weight excluding hydrogens is 324 g/mol. The van der Waals surface area contributed by atoms with Gasteiger partial charge in [0.25, 0.3) is 0 Å². The minimum atomic E-state index is -0.135. The summed E-state index contributed by atoms with van der Waals surface area (Å²) in [6, 6.07) is 3.81. The van der Waals surface area contributed by atoms with Crippen molar-refractivity contribution in [1.82, 2.24) is 20.2 Å². The van der Waals surface area contributed by atoms with Crippen LogP contribution in [-0.2, 0) is 4.74 Å². The highest BCUT2D eigenvalue weighted by Crippen LogP contribution is 2.25. The van der Waals surface area contributed by atoms with Gasteiger partial charge in [0.2, 0.25) is 0 Å². The zero-order valence-electron chi connectivity index (χ0n) is 13.9. The molecule has 24 heavy (non-hydrogen) atoms. The number of morpholine rings is 1. The Hall–Kier alpha value is -1.99. The molecular formula is C17H22N4O2S. The molecule has 6 nitrogen and oxygen atoms in total. The van der Waals surface area contributed by atoms with Crippen molar-refractivity contribution in [2.45, 2.75) is 32.4 Å². The number of pyridine rings is 1. The molecule has 2 atom stereocenters. The molecule has 1 aliphatic heterocycles. The zero-order valence-corrected chi connectivity index (χ0v) is 14.8. The highest BCUT2D eigenvalue weighted by Gasteiger charge is 2.28. The van der Waals surface area contributed by atoms with Crippen molar-refractivity contribution in [2.24, 2.45) is 0 Å². The molecule has 7 heteroatoms. The van der Waals surface area contributed by atoms with Crippen LogP contribution in [0.4, 0.5) is 4.79 Å². The van der Waals surface area contributed by atoms with E-state index in [1.807, 2.05) is 29.3 Å². The predicted octanol–water partition coefficient (Wildman–Crippen LogP) is 3.08. The molecule has 0 unspecified atom stereocenters. The summed E-state index contributed by atoms with van der Waals surface area (Å²) in [5, 5.41) is 6.06. The molecule has 2 amide bonds. The molecule has 0 aliphatic carbocycles. The summed E-state index contributed by atoms with van der Waals surface area (Å²) in [4.78, 5) is 23.0. The Morgan fingerprint density at radius 2 is 2.29 bits per heavy atom. The fourth-order valence-electron chi connectivity index (χ4n) is 2.76. The predicted molar refractivity (Wildman–Crippen MR) is 92.9 cm³/mol. The maximum atomic E-state index is 12.6. The highest BCUT2D eigenvalue weighted by atomic mass is 32.1. The second kappa shape index (κ2) is 7.72. The van der Waals surface area contributed by atoms with E-state index >= 15 is 0 Å². The zero-order chi connectivity index (χ0) is 16.9. The Kier molecular flexibility index (Phi) is 5.42. The number of carbonyl (C=O) groups is 1. The van der Waals surface area contributed by atoms with Crippen LogP contribution in [0.3, 0.4) is 0 Å². The minimum Gasteiger partial charge on any atom is -0.367 e. The van der Waals surface area contributed by atoms with Gasteiger partial charge in [0, 0.05) is 30.0 Å². The lowest BCUT2D eigenvalue weighted by Gasteiger charge is -2.33. The molecule has 128 valence electrons. The van der Waals surface area contributed by atoms with Gasteiger partial charge in [0.1, 0.15) is 11.1 Å². The average Bonchev–Trinajstić information content (AvgIpc) is 3.07. The third-order valence-corrected chi connectivity index (χ3v) is 5.13. The molecule has 0 radical (unpaired) electrons. The van der Waals surface area contributed by atoms with Crippen LogP contribution in [0.2, 0.25) is 0 Å². The molecule has 1 N–H and O–H groups in total. The molecule has 1 aliphatic rings. The van der Waals surface area contributed by atoms with Crippen LogP contribution in [-0.4, -0.2) is 40.6 Å². The van der Waals surface area contributed by atoms with Crippen molar-refractivity contribution >= 4 is 17.4 Å². The number of aryl methyl sites for hydroxylation is 1. The summed E-state index contributed by atoms with van der Waals surface area (Å²) in [5.74, 6) is 0. The highest BCUT2D eigenvalue weighted by molar-refractivity contribution is 7.09. The number of nitrogens with one attached hydrogen (secondary N) is 1. The van der Waals surface area contributed by atoms with E-state index in [0.717, 1.165) is 22.7 Å². The van der Waals surface area contributed by atoms with Crippen molar-refractivity contribution in [2.75, 3.05) is 19.7 Å². The van der Waals surface area contributed by atoms with E-state index in [1.165, 1.54) is 0 Å². The quantitative estimate of drug-likeness (QED) is 0.924.